The Labute approximate surface area is 92.9 Å². The SMILES string of the molecule is CCNC(c1cn[nH]n1)c1ccccc1F. The minimum atomic E-state index is -0.259. The first-order valence-electron chi connectivity index (χ1n) is 5.16. The Hall–Kier alpha value is -1.75. The van der Waals surface area contributed by atoms with Gasteiger partial charge in [0.05, 0.1) is 12.2 Å². The van der Waals surface area contributed by atoms with E-state index in [4.69, 9.17) is 0 Å². The van der Waals surface area contributed by atoms with Crippen molar-refractivity contribution in [3.8, 4) is 0 Å². The average molecular weight is 220 g/mol. The summed E-state index contributed by atoms with van der Waals surface area (Å²) in [4.78, 5) is 0. The van der Waals surface area contributed by atoms with Gasteiger partial charge in [0, 0.05) is 5.56 Å². The van der Waals surface area contributed by atoms with Crippen molar-refractivity contribution in [2.45, 2.75) is 13.0 Å². The molecule has 1 heterocycles. The second kappa shape index (κ2) is 4.85. The maximum absolute atomic E-state index is 13.7. The molecule has 0 spiro atoms. The first-order chi connectivity index (χ1) is 7.83. The Morgan fingerprint density at radius 3 is 2.88 bits per heavy atom. The highest BCUT2D eigenvalue weighted by Crippen LogP contribution is 2.21. The smallest absolute Gasteiger partial charge is 0.128 e. The fraction of sp³-hybridized carbons (Fsp3) is 0.273. The van der Waals surface area contributed by atoms with Crippen LogP contribution in [-0.4, -0.2) is 22.0 Å². The van der Waals surface area contributed by atoms with Gasteiger partial charge in [-0.15, -0.1) is 0 Å². The standard InChI is InChI=1S/C11H13FN4/c1-2-13-11(10-7-14-16-15-10)8-5-3-4-6-9(8)12/h3-7,11,13H,2H2,1H3,(H,14,15,16). The van der Waals surface area contributed by atoms with E-state index < -0.39 is 0 Å². The maximum Gasteiger partial charge on any atom is 0.128 e. The van der Waals surface area contributed by atoms with Gasteiger partial charge in [0.2, 0.25) is 0 Å². The van der Waals surface area contributed by atoms with Crippen LogP contribution in [0.5, 0.6) is 0 Å². The Morgan fingerprint density at radius 2 is 2.25 bits per heavy atom. The second-order valence-corrected chi connectivity index (χ2v) is 3.41. The molecular formula is C11H13FN4. The van der Waals surface area contributed by atoms with Crippen LogP contribution in [0.2, 0.25) is 0 Å². The highest BCUT2D eigenvalue weighted by Gasteiger charge is 2.18. The summed E-state index contributed by atoms with van der Waals surface area (Å²) < 4.78 is 13.7. The van der Waals surface area contributed by atoms with E-state index in [9.17, 15) is 4.39 Å². The van der Waals surface area contributed by atoms with Crippen molar-refractivity contribution in [1.29, 1.82) is 0 Å². The zero-order chi connectivity index (χ0) is 11.4. The molecule has 1 atom stereocenters. The summed E-state index contributed by atoms with van der Waals surface area (Å²) in [6, 6.07) is 6.41. The van der Waals surface area contributed by atoms with Crippen molar-refractivity contribution in [2.75, 3.05) is 6.54 Å². The molecule has 0 amide bonds. The summed E-state index contributed by atoms with van der Waals surface area (Å²) in [5.74, 6) is -0.239. The third-order valence-electron chi connectivity index (χ3n) is 2.35. The molecule has 16 heavy (non-hydrogen) atoms. The number of aromatic amines is 1. The largest absolute Gasteiger partial charge is 0.305 e. The van der Waals surface area contributed by atoms with E-state index >= 15 is 0 Å². The number of rotatable bonds is 4. The van der Waals surface area contributed by atoms with E-state index in [1.807, 2.05) is 13.0 Å². The first kappa shape index (κ1) is 10.8. The molecular weight excluding hydrogens is 207 g/mol. The topological polar surface area (TPSA) is 53.6 Å². The molecule has 0 aliphatic heterocycles. The van der Waals surface area contributed by atoms with Crippen molar-refractivity contribution in [1.82, 2.24) is 20.7 Å². The van der Waals surface area contributed by atoms with Crippen molar-refractivity contribution in [3.05, 3.63) is 47.5 Å². The number of halogens is 1. The summed E-state index contributed by atoms with van der Waals surface area (Å²) in [5, 5.41) is 13.4. The lowest BCUT2D eigenvalue weighted by Crippen LogP contribution is -2.23. The van der Waals surface area contributed by atoms with Crippen LogP contribution in [0.25, 0.3) is 0 Å². The van der Waals surface area contributed by atoms with Gasteiger partial charge in [-0.3, -0.25) is 0 Å². The number of nitrogens with one attached hydrogen (secondary N) is 2. The fourth-order valence-electron chi connectivity index (χ4n) is 1.64. The molecule has 0 saturated heterocycles. The molecule has 0 radical (unpaired) electrons. The van der Waals surface area contributed by atoms with E-state index in [1.54, 1.807) is 18.3 Å². The fourth-order valence-corrected chi connectivity index (χ4v) is 1.64. The summed E-state index contributed by atoms with van der Waals surface area (Å²) in [5.41, 5.74) is 1.27. The van der Waals surface area contributed by atoms with Crippen LogP contribution in [0.15, 0.2) is 30.5 Å². The quantitative estimate of drug-likeness (QED) is 0.823. The van der Waals surface area contributed by atoms with E-state index in [-0.39, 0.29) is 11.9 Å². The summed E-state index contributed by atoms with van der Waals surface area (Å²) in [6.45, 7) is 2.69. The lowest BCUT2D eigenvalue weighted by Gasteiger charge is -2.16. The number of hydrogen-bond acceptors (Lipinski definition) is 3. The number of hydrogen-bond donors (Lipinski definition) is 2. The van der Waals surface area contributed by atoms with Crippen LogP contribution in [0.1, 0.15) is 24.2 Å². The average Bonchev–Trinajstić information content (AvgIpc) is 2.80. The Morgan fingerprint density at radius 1 is 1.44 bits per heavy atom. The van der Waals surface area contributed by atoms with Crippen LogP contribution in [-0.2, 0) is 0 Å². The van der Waals surface area contributed by atoms with Gasteiger partial charge < -0.3 is 5.32 Å². The predicted octanol–water partition coefficient (Wildman–Crippen LogP) is 1.64. The predicted molar refractivity (Wildman–Crippen MR) is 58.3 cm³/mol. The van der Waals surface area contributed by atoms with Gasteiger partial charge in [0.15, 0.2) is 0 Å². The molecule has 0 fully saturated rings. The van der Waals surface area contributed by atoms with Crippen molar-refractivity contribution < 1.29 is 4.39 Å². The molecule has 0 bridgehead atoms. The number of nitrogens with zero attached hydrogens (tertiary/aromatic N) is 2. The monoisotopic (exact) mass is 220 g/mol. The van der Waals surface area contributed by atoms with Crippen LogP contribution in [0, 0.1) is 5.82 Å². The van der Waals surface area contributed by atoms with Crippen LogP contribution >= 0.6 is 0 Å². The zero-order valence-electron chi connectivity index (χ0n) is 8.94. The molecule has 5 heteroatoms. The third-order valence-corrected chi connectivity index (χ3v) is 2.35. The molecule has 1 aromatic carbocycles. The molecule has 1 aromatic heterocycles. The molecule has 84 valence electrons. The van der Waals surface area contributed by atoms with Crippen molar-refractivity contribution in [3.63, 3.8) is 0 Å². The van der Waals surface area contributed by atoms with Gasteiger partial charge >= 0.3 is 0 Å². The van der Waals surface area contributed by atoms with Gasteiger partial charge in [-0.05, 0) is 12.6 Å². The lowest BCUT2D eigenvalue weighted by molar-refractivity contribution is 0.551. The van der Waals surface area contributed by atoms with Crippen molar-refractivity contribution >= 4 is 0 Å². The minimum absolute atomic E-state index is 0.239. The van der Waals surface area contributed by atoms with Gasteiger partial charge in [-0.1, -0.05) is 25.1 Å². The number of benzene rings is 1. The Balaban J connectivity index is 2.37. The molecule has 0 saturated carbocycles. The molecule has 0 aliphatic carbocycles. The van der Waals surface area contributed by atoms with Gasteiger partial charge in [0.1, 0.15) is 11.5 Å². The van der Waals surface area contributed by atoms with Crippen LogP contribution in [0.4, 0.5) is 4.39 Å². The third kappa shape index (κ3) is 2.09. The second-order valence-electron chi connectivity index (χ2n) is 3.41. The molecule has 4 nitrogen and oxygen atoms in total. The number of aromatic nitrogens is 3. The van der Waals surface area contributed by atoms with E-state index in [2.05, 4.69) is 20.7 Å². The zero-order valence-corrected chi connectivity index (χ0v) is 8.94. The molecule has 0 aliphatic rings. The normalized spacial score (nSPS) is 12.6. The first-order valence-corrected chi connectivity index (χ1v) is 5.16. The number of H-pyrrole nitrogens is 1. The molecule has 2 rings (SSSR count). The van der Waals surface area contributed by atoms with E-state index in [0.717, 1.165) is 6.54 Å². The van der Waals surface area contributed by atoms with Gasteiger partial charge in [-0.25, -0.2) is 4.39 Å². The summed E-state index contributed by atoms with van der Waals surface area (Å²) in [7, 11) is 0. The van der Waals surface area contributed by atoms with E-state index in [1.165, 1.54) is 6.07 Å². The molecule has 2 aromatic rings. The summed E-state index contributed by atoms with van der Waals surface area (Å²) >= 11 is 0. The molecule has 1 unspecified atom stereocenters. The highest BCUT2D eigenvalue weighted by atomic mass is 19.1. The van der Waals surface area contributed by atoms with Gasteiger partial charge in [-0.2, -0.15) is 15.4 Å². The summed E-state index contributed by atoms with van der Waals surface area (Å²) in [6.07, 6.45) is 1.60. The minimum Gasteiger partial charge on any atom is -0.305 e. The Kier molecular flexibility index (Phi) is 3.26. The van der Waals surface area contributed by atoms with Gasteiger partial charge in [0.25, 0.3) is 0 Å². The van der Waals surface area contributed by atoms with Crippen LogP contribution < -0.4 is 5.32 Å². The molecule has 2 N–H and O–H groups in total. The van der Waals surface area contributed by atoms with Crippen LogP contribution in [0.3, 0.4) is 0 Å². The lowest BCUT2D eigenvalue weighted by atomic mass is 10.0. The van der Waals surface area contributed by atoms with Crippen molar-refractivity contribution in [2.24, 2.45) is 0 Å². The Bertz CT molecular complexity index is 441. The maximum atomic E-state index is 13.7. The van der Waals surface area contributed by atoms with E-state index in [0.29, 0.717) is 11.3 Å². The highest BCUT2D eigenvalue weighted by molar-refractivity contribution is 5.27.